The monoisotopic (exact) mass is 288 g/mol. The summed E-state index contributed by atoms with van der Waals surface area (Å²) >= 11 is 0. The summed E-state index contributed by atoms with van der Waals surface area (Å²) in [4.78, 5) is 14.6. The van der Waals surface area contributed by atoms with Gasteiger partial charge in [-0.15, -0.1) is 5.10 Å². The van der Waals surface area contributed by atoms with Gasteiger partial charge in [0, 0.05) is 19.8 Å². The van der Waals surface area contributed by atoms with Crippen molar-refractivity contribution < 1.29 is 4.79 Å². The molecule has 3 N–H and O–H groups in total. The maximum Gasteiger partial charge on any atom is 0.263 e. The smallest absolute Gasteiger partial charge is 0.263 e. The molecule has 21 heavy (non-hydrogen) atoms. The van der Waals surface area contributed by atoms with Crippen molar-refractivity contribution in [2.45, 2.75) is 6.54 Å². The van der Waals surface area contributed by atoms with Gasteiger partial charge in [0.25, 0.3) is 11.9 Å². The number of amides is 1. The van der Waals surface area contributed by atoms with E-state index in [0.29, 0.717) is 0 Å². The van der Waals surface area contributed by atoms with E-state index in [2.05, 4.69) is 25.9 Å². The lowest BCUT2D eigenvalue weighted by Crippen LogP contribution is -2.24. The second-order valence-electron chi connectivity index (χ2n) is 4.46. The lowest BCUT2D eigenvalue weighted by molar-refractivity contribution is -0.122. The molecule has 9 nitrogen and oxygen atoms in total. The zero-order valence-corrected chi connectivity index (χ0v) is 11.8. The molecule has 0 aliphatic heterocycles. The number of benzene rings is 1. The number of nitrogen functional groups attached to an aromatic ring is 1. The van der Waals surface area contributed by atoms with Crippen LogP contribution in [0.3, 0.4) is 0 Å². The van der Waals surface area contributed by atoms with Gasteiger partial charge >= 0.3 is 0 Å². The molecule has 0 saturated heterocycles. The number of nitrogens with two attached hydrogens (primary N) is 1. The minimum atomic E-state index is -0.367. The number of carbonyl (C=O) groups excluding carboxylic acids is 1. The molecular weight excluding hydrogens is 272 g/mol. The predicted octanol–water partition coefficient (Wildman–Crippen LogP) is -0.528. The quantitative estimate of drug-likeness (QED) is 0.564. The normalized spacial score (nSPS) is 10.8. The molecule has 0 spiro atoms. The molecule has 0 radical (unpaired) electrons. The van der Waals surface area contributed by atoms with Crippen LogP contribution in [0.1, 0.15) is 5.56 Å². The fourth-order valence-corrected chi connectivity index (χ4v) is 1.52. The van der Waals surface area contributed by atoms with Crippen LogP contribution in [0.25, 0.3) is 0 Å². The summed E-state index contributed by atoms with van der Waals surface area (Å²) in [5.41, 5.74) is 9.64. The Morgan fingerprint density at radius 2 is 2.14 bits per heavy atom. The van der Waals surface area contributed by atoms with Gasteiger partial charge < -0.3 is 10.6 Å². The highest BCUT2D eigenvalue weighted by Crippen LogP contribution is 2.10. The lowest BCUT2D eigenvalue weighted by atomic mass is 10.2. The SMILES string of the molecule is CN(C)c1ccc(/C=N\NC(=O)Cn2nnc(N)n2)cc1. The van der Waals surface area contributed by atoms with Crippen molar-refractivity contribution in [2.75, 3.05) is 24.7 Å². The number of nitrogens with one attached hydrogen (secondary N) is 1. The summed E-state index contributed by atoms with van der Waals surface area (Å²) < 4.78 is 0. The third kappa shape index (κ3) is 4.27. The van der Waals surface area contributed by atoms with Crippen LogP contribution < -0.4 is 16.1 Å². The first-order valence-electron chi connectivity index (χ1n) is 6.17. The second kappa shape index (κ2) is 6.46. The van der Waals surface area contributed by atoms with Crippen LogP contribution in [0.2, 0.25) is 0 Å². The third-order valence-corrected chi connectivity index (χ3v) is 2.57. The summed E-state index contributed by atoms with van der Waals surface area (Å²) in [6, 6.07) is 7.74. The Hall–Kier alpha value is -2.97. The number of hydrogen-bond acceptors (Lipinski definition) is 7. The van der Waals surface area contributed by atoms with Gasteiger partial charge in [0.2, 0.25) is 0 Å². The van der Waals surface area contributed by atoms with Gasteiger partial charge in [-0.05, 0) is 22.9 Å². The van der Waals surface area contributed by atoms with E-state index < -0.39 is 0 Å². The Kier molecular flexibility index (Phi) is 4.44. The van der Waals surface area contributed by atoms with Crippen LogP contribution in [-0.4, -0.2) is 46.4 Å². The van der Waals surface area contributed by atoms with Crippen LogP contribution in [0, 0.1) is 0 Å². The van der Waals surface area contributed by atoms with E-state index in [1.54, 1.807) is 6.21 Å². The molecule has 1 heterocycles. The van der Waals surface area contributed by atoms with Crippen molar-refractivity contribution in [3.63, 3.8) is 0 Å². The van der Waals surface area contributed by atoms with Crippen molar-refractivity contribution in [1.82, 2.24) is 25.6 Å². The maximum absolute atomic E-state index is 11.6. The molecule has 0 bridgehead atoms. The number of hydrogen-bond donors (Lipinski definition) is 2. The number of hydrazone groups is 1. The van der Waals surface area contributed by atoms with Gasteiger partial charge in [-0.2, -0.15) is 9.90 Å². The summed E-state index contributed by atoms with van der Waals surface area (Å²) in [5, 5.41) is 14.6. The number of rotatable bonds is 5. The Morgan fingerprint density at radius 3 is 2.71 bits per heavy atom. The molecule has 2 aromatic rings. The number of anilines is 2. The zero-order valence-electron chi connectivity index (χ0n) is 11.8. The molecule has 110 valence electrons. The standard InChI is InChI=1S/C12H16N8O/c1-19(2)10-5-3-9(4-6-10)7-14-15-11(21)8-20-17-12(13)16-18-20/h3-7H,8H2,1-2H3,(H2,13,17)(H,15,21)/b14-7-. The van der Waals surface area contributed by atoms with Crippen LogP contribution in [0.4, 0.5) is 11.6 Å². The number of aromatic nitrogens is 4. The zero-order chi connectivity index (χ0) is 15.2. The van der Waals surface area contributed by atoms with E-state index in [9.17, 15) is 4.79 Å². The molecule has 9 heteroatoms. The van der Waals surface area contributed by atoms with Crippen LogP contribution in [0.5, 0.6) is 0 Å². The van der Waals surface area contributed by atoms with Crippen molar-refractivity contribution >= 4 is 23.8 Å². The van der Waals surface area contributed by atoms with Crippen molar-refractivity contribution in [2.24, 2.45) is 5.10 Å². The number of carbonyl (C=O) groups is 1. The minimum Gasteiger partial charge on any atom is -0.378 e. The number of nitrogens with zero attached hydrogens (tertiary/aromatic N) is 6. The first-order chi connectivity index (χ1) is 10.0. The number of tetrazole rings is 1. The van der Waals surface area contributed by atoms with E-state index in [1.165, 1.54) is 0 Å². The predicted molar refractivity (Wildman–Crippen MR) is 78.7 cm³/mol. The van der Waals surface area contributed by atoms with Gasteiger partial charge in [0.15, 0.2) is 0 Å². The molecule has 0 atom stereocenters. The highest BCUT2D eigenvalue weighted by atomic mass is 16.2. The topological polar surface area (TPSA) is 114 Å². The largest absolute Gasteiger partial charge is 0.378 e. The summed E-state index contributed by atoms with van der Waals surface area (Å²) in [6.07, 6.45) is 1.56. The van der Waals surface area contributed by atoms with Crippen molar-refractivity contribution in [3.8, 4) is 0 Å². The fourth-order valence-electron chi connectivity index (χ4n) is 1.52. The van der Waals surface area contributed by atoms with Crippen molar-refractivity contribution in [3.05, 3.63) is 29.8 Å². The van der Waals surface area contributed by atoms with Gasteiger partial charge in [-0.1, -0.05) is 17.2 Å². The van der Waals surface area contributed by atoms with Gasteiger partial charge in [-0.25, -0.2) is 5.43 Å². The molecule has 2 rings (SSSR count). The van der Waals surface area contributed by atoms with E-state index in [1.807, 2.05) is 43.3 Å². The van der Waals surface area contributed by atoms with Gasteiger partial charge in [0.05, 0.1) is 6.21 Å². The Balaban J connectivity index is 1.85. The van der Waals surface area contributed by atoms with Gasteiger partial charge in [-0.3, -0.25) is 4.79 Å². The van der Waals surface area contributed by atoms with E-state index in [-0.39, 0.29) is 18.4 Å². The molecule has 0 saturated carbocycles. The molecule has 1 aromatic carbocycles. The molecular formula is C12H16N8O. The van der Waals surface area contributed by atoms with Crippen LogP contribution in [-0.2, 0) is 11.3 Å². The van der Waals surface area contributed by atoms with Gasteiger partial charge in [0.1, 0.15) is 6.54 Å². The molecule has 0 aliphatic rings. The summed E-state index contributed by atoms with van der Waals surface area (Å²) in [6.45, 7) is -0.0961. The molecule has 0 fully saturated rings. The molecule has 0 unspecified atom stereocenters. The molecule has 1 amide bonds. The average molecular weight is 288 g/mol. The Bertz CT molecular complexity index is 631. The van der Waals surface area contributed by atoms with Crippen molar-refractivity contribution in [1.29, 1.82) is 0 Å². The van der Waals surface area contributed by atoms with E-state index in [0.717, 1.165) is 16.0 Å². The first-order valence-corrected chi connectivity index (χ1v) is 6.17. The summed E-state index contributed by atoms with van der Waals surface area (Å²) in [7, 11) is 3.93. The van der Waals surface area contributed by atoms with E-state index in [4.69, 9.17) is 5.73 Å². The highest BCUT2D eigenvalue weighted by molar-refractivity contribution is 5.82. The maximum atomic E-state index is 11.6. The van der Waals surface area contributed by atoms with Crippen LogP contribution >= 0.6 is 0 Å². The Morgan fingerprint density at radius 1 is 1.43 bits per heavy atom. The highest BCUT2D eigenvalue weighted by Gasteiger charge is 2.04. The lowest BCUT2D eigenvalue weighted by Gasteiger charge is -2.11. The average Bonchev–Trinajstić information content (AvgIpc) is 2.84. The molecule has 1 aromatic heterocycles. The first kappa shape index (κ1) is 14.4. The minimum absolute atomic E-state index is 0.0206. The summed E-state index contributed by atoms with van der Waals surface area (Å²) in [5.74, 6) is -0.346. The second-order valence-corrected chi connectivity index (χ2v) is 4.46. The van der Waals surface area contributed by atoms with Crippen LogP contribution in [0.15, 0.2) is 29.4 Å². The van der Waals surface area contributed by atoms with E-state index >= 15 is 0 Å². The third-order valence-electron chi connectivity index (χ3n) is 2.57. The Labute approximate surface area is 121 Å². The molecule has 0 aliphatic carbocycles. The fraction of sp³-hybridized carbons (Fsp3) is 0.250.